The van der Waals surface area contributed by atoms with E-state index >= 15 is 0 Å². The van der Waals surface area contributed by atoms with E-state index in [4.69, 9.17) is 0 Å². The lowest BCUT2D eigenvalue weighted by Gasteiger charge is -2.38. The van der Waals surface area contributed by atoms with Gasteiger partial charge in [0.2, 0.25) is 11.9 Å². The van der Waals surface area contributed by atoms with Crippen molar-refractivity contribution in [3.8, 4) is 5.75 Å². The van der Waals surface area contributed by atoms with E-state index in [2.05, 4.69) is 47.2 Å². The van der Waals surface area contributed by atoms with Crippen molar-refractivity contribution in [2.24, 2.45) is 5.92 Å². The largest absolute Gasteiger partial charge is 0.573 e. The third-order valence-electron chi connectivity index (χ3n) is 6.07. The first-order valence-electron chi connectivity index (χ1n) is 12.8. The third kappa shape index (κ3) is 10.4. The van der Waals surface area contributed by atoms with Gasteiger partial charge in [-0.15, -0.1) is 13.2 Å². The van der Waals surface area contributed by atoms with Gasteiger partial charge in [0, 0.05) is 36.3 Å². The molecule has 1 aliphatic rings. The third-order valence-corrected chi connectivity index (χ3v) is 6.87. The summed E-state index contributed by atoms with van der Waals surface area (Å²) in [6, 6.07) is 6.00. The van der Waals surface area contributed by atoms with Crippen LogP contribution in [0.4, 0.5) is 29.7 Å². The number of likely N-dealkylation sites (N-methyl/N-ethyl adjacent to an activating group) is 2. The smallest absolute Gasteiger partial charge is 0.406 e. The number of amides is 3. The quantitative estimate of drug-likeness (QED) is 0.295. The minimum absolute atomic E-state index is 0.00589. The molecule has 40 heavy (non-hydrogen) atoms. The average Bonchev–Trinajstić information content (AvgIpc) is 2.86. The minimum Gasteiger partial charge on any atom is -0.406 e. The highest BCUT2D eigenvalue weighted by atomic mass is 32.2. The molecule has 0 spiro atoms. The van der Waals surface area contributed by atoms with Gasteiger partial charge in [0.1, 0.15) is 11.6 Å². The number of nitrogens with one attached hydrogen (secondary N) is 4. The molecule has 2 aromatic rings. The first-order valence-corrected chi connectivity index (χ1v) is 13.6. The van der Waals surface area contributed by atoms with Gasteiger partial charge in [0.15, 0.2) is 0 Å². The van der Waals surface area contributed by atoms with Crippen molar-refractivity contribution >= 4 is 35.7 Å². The van der Waals surface area contributed by atoms with Gasteiger partial charge in [-0.05, 0) is 76.7 Å². The molecule has 1 fully saturated rings. The van der Waals surface area contributed by atoms with Crippen molar-refractivity contribution in [1.82, 2.24) is 29.8 Å². The zero-order chi connectivity index (χ0) is 29.3. The van der Waals surface area contributed by atoms with Crippen molar-refractivity contribution < 1.29 is 27.5 Å². The molecule has 4 N–H and O–H groups in total. The number of nitrogens with zero attached hydrogens (tertiary/aromatic N) is 4. The zero-order valence-electron chi connectivity index (χ0n) is 22.8. The second-order valence-corrected chi connectivity index (χ2v) is 10.4. The van der Waals surface area contributed by atoms with E-state index in [0.717, 1.165) is 43.7 Å². The number of carbonyl (C=O) groups is 2. The molecular formula is C25H35F3N8O3S. The Morgan fingerprint density at radius 3 is 2.58 bits per heavy atom. The number of hydrogen-bond donors (Lipinski definition) is 4. The summed E-state index contributed by atoms with van der Waals surface area (Å²) in [6.45, 7) is 7.50. The summed E-state index contributed by atoms with van der Waals surface area (Å²) in [5, 5.41) is 8.97. The van der Waals surface area contributed by atoms with E-state index in [9.17, 15) is 22.8 Å². The Morgan fingerprint density at radius 2 is 1.93 bits per heavy atom. The Morgan fingerprint density at radius 1 is 1.20 bits per heavy atom. The predicted octanol–water partition coefficient (Wildman–Crippen LogP) is 3.31. The standard InChI is InChI=1S/C25H35F3N8O3S/c1-5-36-12-10-19(22(37)29-11-13-35(3)4)20(15-36)31-21-14-16(2)30-23(32-21)33-24(38)34-40-18-8-6-17(7-9-18)39-25(26,27)28/h6-9,14,19-20H,5,10-13,15H2,1-4H3,(H,29,37)(H3,30,31,32,33,34,38). The van der Waals surface area contributed by atoms with Crippen molar-refractivity contribution in [2.45, 2.75) is 37.6 Å². The minimum atomic E-state index is -4.78. The Balaban J connectivity index is 1.60. The van der Waals surface area contributed by atoms with Crippen molar-refractivity contribution in [3.63, 3.8) is 0 Å². The van der Waals surface area contributed by atoms with E-state index in [-0.39, 0.29) is 29.6 Å². The molecule has 1 aromatic carbocycles. The van der Waals surface area contributed by atoms with Crippen LogP contribution in [0.1, 0.15) is 19.0 Å². The van der Waals surface area contributed by atoms with Gasteiger partial charge < -0.3 is 25.2 Å². The van der Waals surface area contributed by atoms with Gasteiger partial charge >= 0.3 is 12.4 Å². The Bertz CT molecular complexity index is 1140. The maximum absolute atomic E-state index is 13.0. The number of urea groups is 1. The number of aryl methyl sites for hydroxylation is 1. The number of anilines is 2. The molecule has 3 rings (SSSR count). The summed E-state index contributed by atoms with van der Waals surface area (Å²) in [5.74, 6) is -0.0740. The van der Waals surface area contributed by atoms with E-state index < -0.39 is 12.4 Å². The molecule has 220 valence electrons. The maximum Gasteiger partial charge on any atom is 0.573 e. The fourth-order valence-corrected chi connectivity index (χ4v) is 4.66. The zero-order valence-corrected chi connectivity index (χ0v) is 23.7. The van der Waals surface area contributed by atoms with E-state index in [1.54, 1.807) is 13.0 Å². The summed E-state index contributed by atoms with van der Waals surface area (Å²) >= 11 is 0.903. The lowest BCUT2D eigenvalue weighted by Crippen LogP contribution is -2.53. The lowest BCUT2D eigenvalue weighted by molar-refractivity contribution is -0.274. The fraction of sp³-hybridized carbons (Fsp3) is 0.520. The molecule has 2 atom stereocenters. The van der Waals surface area contributed by atoms with Gasteiger partial charge in [-0.1, -0.05) is 6.92 Å². The first kappa shape index (κ1) is 31.2. The number of carbonyl (C=O) groups excluding carboxylic acids is 2. The molecule has 3 amide bonds. The second-order valence-electron chi connectivity index (χ2n) is 9.53. The van der Waals surface area contributed by atoms with Crippen LogP contribution in [0.3, 0.4) is 0 Å². The van der Waals surface area contributed by atoms with Crippen molar-refractivity contribution in [3.05, 3.63) is 36.0 Å². The van der Waals surface area contributed by atoms with Crippen LogP contribution < -0.4 is 25.4 Å². The summed E-state index contributed by atoms with van der Waals surface area (Å²) < 4.78 is 43.3. The van der Waals surface area contributed by atoms with Crippen LogP contribution in [0.2, 0.25) is 0 Å². The van der Waals surface area contributed by atoms with E-state index in [1.807, 2.05) is 19.0 Å². The van der Waals surface area contributed by atoms with Crippen molar-refractivity contribution in [1.29, 1.82) is 0 Å². The summed E-state index contributed by atoms with van der Waals surface area (Å²) in [4.78, 5) is 38.9. The number of benzene rings is 1. The van der Waals surface area contributed by atoms with Gasteiger partial charge in [-0.2, -0.15) is 4.98 Å². The number of piperidine rings is 1. The summed E-state index contributed by atoms with van der Waals surface area (Å²) in [6.07, 6.45) is -4.07. The topological polar surface area (TPSA) is 124 Å². The maximum atomic E-state index is 13.0. The fourth-order valence-electron chi connectivity index (χ4n) is 4.13. The highest BCUT2D eigenvalue weighted by molar-refractivity contribution is 7.98. The number of halogens is 3. The highest BCUT2D eigenvalue weighted by Crippen LogP contribution is 2.25. The van der Waals surface area contributed by atoms with E-state index in [0.29, 0.717) is 35.9 Å². The van der Waals surface area contributed by atoms with Gasteiger partial charge in [0.25, 0.3) is 0 Å². The van der Waals surface area contributed by atoms with Gasteiger partial charge in [-0.3, -0.25) is 14.8 Å². The first-order chi connectivity index (χ1) is 18.9. The Kier molecular flexibility index (Phi) is 11.2. The number of hydrogen-bond acceptors (Lipinski definition) is 9. The van der Waals surface area contributed by atoms with E-state index in [1.165, 1.54) is 12.1 Å². The molecule has 2 heterocycles. The summed E-state index contributed by atoms with van der Waals surface area (Å²) in [7, 11) is 3.90. The molecule has 11 nitrogen and oxygen atoms in total. The number of ether oxygens (including phenoxy) is 1. The van der Waals surface area contributed by atoms with Crippen LogP contribution in [-0.4, -0.2) is 90.9 Å². The van der Waals surface area contributed by atoms with Crippen LogP contribution in [0, 0.1) is 12.8 Å². The normalized spacial score (nSPS) is 17.8. The molecule has 15 heteroatoms. The van der Waals surface area contributed by atoms with Crippen LogP contribution >= 0.6 is 11.9 Å². The molecular weight excluding hydrogens is 549 g/mol. The number of alkyl halides is 3. The molecule has 0 bridgehead atoms. The SMILES string of the molecule is CCN1CCC(C(=O)NCCN(C)C)C(Nc2cc(C)nc(NC(=O)NSc3ccc(OC(F)(F)F)cc3)n2)C1. The molecule has 0 aliphatic carbocycles. The second kappa shape index (κ2) is 14.4. The Labute approximate surface area is 235 Å². The van der Waals surface area contributed by atoms with Gasteiger partial charge in [0.05, 0.1) is 12.0 Å². The molecule has 1 aromatic heterocycles. The number of rotatable bonds is 11. The molecule has 1 saturated heterocycles. The highest BCUT2D eigenvalue weighted by Gasteiger charge is 2.34. The summed E-state index contributed by atoms with van der Waals surface area (Å²) in [5.41, 5.74) is 0.607. The predicted molar refractivity (Wildman–Crippen MR) is 147 cm³/mol. The lowest BCUT2D eigenvalue weighted by atomic mass is 9.90. The van der Waals surface area contributed by atoms with Crippen LogP contribution in [-0.2, 0) is 4.79 Å². The van der Waals surface area contributed by atoms with Crippen molar-refractivity contribution in [2.75, 3.05) is 57.5 Å². The Hall–Kier alpha value is -3.30. The number of likely N-dealkylation sites (tertiary alicyclic amines) is 1. The number of aromatic nitrogens is 2. The molecule has 1 aliphatic heterocycles. The average molecular weight is 585 g/mol. The molecule has 0 saturated carbocycles. The monoisotopic (exact) mass is 584 g/mol. The van der Waals surface area contributed by atoms with Crippen LogP contribution in [0.5, 0.6) is 5.75 Å². The molecule has 2 unspecified atom stereocenters. The van der Waals surface area contributed by atoms with Gasteiger partial charge in [-0.25, -0.2) is 9.78 Å². The molecule has 0 radical (unpaired) electrons. The van der Waals surface area contributed by atoms with Crippen LogP contribution in [0.15, 0.2) is 35.2 Å². The van der Waals surface area contributed by atoms with Crippen LogP contribution in [0.25, 0.3) is 0 Å².